The van der Waals surface area contributed by atoms with Crippen molar-refractivity contribution in [3.8, 4) is 0 Å². The molecule has 0 N–H and O–H groups in total. The number of methoxy groups -OCH3 is 1. The van der Waals surface area contributed by atoms with Gasteiger partial charge in [0.1, 0.15) is 5.37 Å². The lowest BCUT2D eigenvalue weighted by molar-refractivity contribution is 0.135. The van der Waals surface area contributed by atoms with Crippen molar-refractivity contribution in [2.45, 2.75) is 5.37 Å². The number of carbonyl (C=O) groups is 1. The first kappa shape index (κ1) is 13.9. The maximum atomic E-state index is 12.3. The maximum Gasteiger partial charge on any atom is 0.341 e. The molecule has 2 amide bonds. The highest BCUT2D eigenvalue weighted by molar-refractivity contribution is 8.12. The van der Waals surface area contributed by atoms with E-state index in [-0.39, 0.29) is 11.4 Å². The summed E-state index contributed by atoms with van der Waals surface area (Å²) in [7, 11) is 3.37. The Morgan fingerprint density at radius 3 is 2.89 bits per heavy atom. The van der Waals surface area contributed by atoms with Crippen molar-refractivity contribution in [3.05, 3.63) is 35.9 Å². The normalized spacial score (nSPS) is 17.8. The van der Waals surface area contributed by atoms with E-state index in [0.29, 0.717) is 13.2 Å². The van der Waals surface area contributed by atoms with E-state index >= 15 is 0 Å². The van der Waals surface area contributed by atoms with Gasteiger partial charge in [-0.25, -0.2) is 4.79 Å². The highest BCUT2D eigenvalue weighted by Crippen LogP contribution is 2.36. The summed E-state index contributed by atoms with van der Waals surface area (Å²) >= 11 is 1.53. The summed E-state index contributed by atoms with van der Waals surface area (Å²) in [6.45, 7) is 1.07. The van der Waals surface area contributed by atoms with Gasteiger partial charge in [-0.15, -0.1) is 0 Å². The topological polar surface area (TPSA) is 45.1 Å². The smallest absolute Gasteiger partial charge is 0.341 e. The Labute approximate surface area is 117 Å². The van der Waals surface area contributed by atoms with E-state index in [1.54, 1.807) is 24.6 Å². The van der Waals surface area contributed by atoms with E-state index in [2.05, 4.69) is 5.10 Å². The van der Waals surface area contributed by atoms with E-state index in [1.165, 1.54) is 16.8 Å². The van der Waals surface area contributed by atoms with Crippen LogP contribution in [-0.2, 0) is 4.74 Å². The van der Waals surface area contributed by atoms with Crippen LogP contribution in [0.2, 0.25) is 0 Å². The van der Waals surface area contributed by atoms with Crippen LogP contribution in [0.5, 0.6) is 0 Å². The number of hydrogen-bond donors (Lipinski definition) is 0. The molecule has 5 nitrogen and oxygen atoms in total. The van der Waals surface area contributed by atoms with E-state index in [9.17, 15) is 4.79 Å². The molecule has 2 rings (SSSR count). The van der Waals surface area contributed by atoms with Gasteiger partial charge in [-0.1, -0.05) is 42.1 Å². The quantitative estimate of drug-likeness (QED) is 0.850. The molecule has 0 radical (unpaired) electrons. The lowest BCUT2D eigenvalue weighted by Gasteiger charge is -2.26. The third-order valence-corrected chi connectivity index (χ3v) is 3.77. The number of hydrazone groups is 1. The van der Waals surface area contributed by atoms with Gasteiger partial charge in [0, 0.05) is 20.7 Å². The molecule has 0 aliphatic carbocycles. The number of likely N-dealkylation sites (N-methyl/N-ethyl adjacent to an activating group) is 1. The zero-order valence-electron chi connectivity index (χ0n) is 11.0. The molecule has 1 unspecified atom stereocenters. The maximum absolute atomic E-state index is 12.3. The molecule has 1 aliphatic heterocycles. The van der Waals surface area contributed by atoms with Gasteiger partial charge >= 0.3 is 6.03 Å². The third-order valence-electron chi connectivity index (χ3n) is 2.82. The zero-order valence-corrected chi connectivity index (χ0v) is 11.8. The highest BCUT2D eigenvalue weighted by Gasteiger charge is 2.30. The Balaban J connectivity index is 2.06. The summed E-state index contributed by atoms with van der Waals surface area (Å²) in [4.78, 5) is 13.9. The van der Waals surface area contributed by atoms with Crippen molar-refractivity contribution in [2.75, 3.05) is 27.3 Å². The van der Waals surface area contributed by atoms with Gasteiger partial charge < -0.3 is 9.64 Å². The Morgan fingerprint density at radius 2 is 2.21 bits per heavy atom. The van der Waals surface area contributed by atoms with Crippen molar-refractivity contribution < 1.29 is 9.53 Å². The first-order chi connectivity index (χ1) is 9.24. The molecule has 0 fully saturated rings. The summed E-state index contributed by atoms with van der Waals surface area (Å²) in [6.07, 6.45) is 0. The number of hydrogen-bond acceptors (Lipinski definition) is 4. The van der Waals surface area contributed by atoms with Gasteiger partial charge in [0.25, 0.3) is 0 Å². The molecule has 102 valence electrons. The van der Waals surface area contributed by atoms with E-state index in [1.807, 2.05) is 30.3 Å². The Bertz CT molecular complexity index is 452. The van der Waals surface area contributed by atoms with Gasteiger partial charge in [0.2, 0.25) is 0 Å². The molecule has 0 spiro atoms. The molecule has 1 aromatic rings. The fourth-order valence-electron chi connectivity index (χ4n) is 1.74. The molecule has 0 saturated heterocycles. The largest absolute Gasteiger partial charge is 0.383 e. The second-order valence-electron chi connectivity index (χ2n) is 4.16. The van der Waals surface area contributed by atoms with Crippen molar-refractivity contribution in [1.29, 1.82) is 0 Å². The average Bonchev–Trinajstić information content (AvgIpc) is 2.94. The summed E-state index contributed by atoms with van der Waals surface area (Å²) in [5.41, 5.74) is 2.78. The monoisotopic (exact) mass is 279 g/mol. The number of thioether (sulfide) groups is 1. The van der Waals surface area contributed by atoms with Crippen LogP contribution in [0.3, 0.4) is 0 Å². The molecule has 1 atom stereocenters. The van der Waals surface area contributed by atoms with Crippen LogP contribution in [0.15, 0.2) is 35.4 Å². The third kappa shape index (κ3) is 3.27. The summed E-state index contributed by atoms with van der Waals surface area (Å²) < 4.78 is 4.98. The second kappa shape index (κ2) is 6.58. The predicted molar refractivity (Wildman–Crippen MR) is 77.0 cm³/mol. The molecule has 19 heavy (non-hydrogen) atoms. The first-order valence-corrected chi connectivity index (χ1v) is 6.94. The highest BCUT2D eigenvalue weighted by atomic mass is 32.2. The number of carbonyl (C=O) groups excluding carboxylic acids is 1. The Kier molecular flexibility index (Phi) is 4.81. The minimum Gasteiger partial charge on any atom is -0.383 e. The number of nitrogens with zero attached hydrogens (tertiary/aromatic N) is 3. The van der Waals surface area contributed by atoms with Crippen LogP contribution in [-0.4, -0.2) is 48.8 Å². The second-order valence-corrected chi connectivity index (χ2v) is 5.09. The van der Waals surface area contributed by atoms with Gasteiger partial charge in [-0.2, -0.15) is 10.1 Å². The number of amides is 2. The standard InChI is InChI=1S/C13H17N3O2S/c1-15(8-9-18-2)13(17)16-12(19-10-14-16)11-6-4-3-5-7-11/h3-7,10,12H,8-9H2,1-2H3. The van der Waals surface area contributed by atoms with Gasteiger partial charge in [0.05, 0.1) is 12.2 Å². The van der Waals surface area contributed by atoms with Gasteiger partial charge in [-0.3, -0.25) is 0 Å². The van der Waals surface area contributed by atoms with Crippen LogP contribution in [0.1, 0.15) is 10.9 Å². The molecular formula is C13H17N3O2S. The lowest BCUT2D eigenvalue weighted by atomic mass is 10.2. The van der Waals surface area contributed by atoms with Gasteiger partial charge in [-0.05, 0) is 5.56 Å². The van der Waals surface area contributed by atoms with Crippen LogP contribution in [0, 0.1) is 0 Å². The number of rotatable bonds is 4. The zero-order chi connectivity index (χ0) is 13.7. The molecule has 1 aliphatic rings. The van der Waals surface area contributed by atoms with Crippen molar-refractivity contribution in [3.63, 3.8) is 0 Å². The minimum atomic E-state index is -0.118. The van der Waals surface area contributed by atoms with E-state index in [4.69, 9.17) is 4.74 Å². The Hall–Kier alpha value is -1.53. The van der Waals surface area contributed by atoms with Gasteiger partial charge in [0.15, 0.2) is 0 Å². The van der Waals surface area contributed by atoms with Crippen LogP contribution in [0.25, 0.3) is 0 Å². The van der Waals surface area contributed by atoms with Crippen LogP contribution < -0.4 is 0 Å². The van der Waals surface area contributed by atoms with E-state index < -0.39 is 0 Å². The molecule has 1 heterocycles. The average molecular weight is 279 g/mol. The fourth-order valence-corrected chi connectivity index (χ4v) is 2.59. The van der Waals surface area contributed by atoms with Crippen molar-refractivity contribution in [2.24, 2.45) is 5.10 Å². The predicted octanol–water partition coefficient (Wildman–Crippen LogP) is 2.38. The summed E-state index contributed by atoms with van der Waals surface area (Å²) in [6, 6.07) is 9.77. The molecule has 1 aromatic carbocycles. The van der Waals surface area contributed by atoms with Crippen molar-refractivity contribution in [1.82, 2.24) is 9.91 Å². The lowest BCUT2D eigenvalue weighted by Crippen LogP contribution is -2.39. The molecule has 0 aromatic heterocycles. The molecule has 0 bridgehead atoms. The molecule has 0 saturated carbocycles. The first-order valence-electron chi connectivity index (χ1n) is 6.00. The van der Waals surface area contributed by atoms with Crippen molar-refractivity contribution >= 4 is 23.3 Å². The number of ether oxygens (including phenoxy) is 1. The fraction of sp³-hybridized carbons (Fsp3) is 0.385. The van der Waals surface area contributed by atoms with E-state index in [0.717, 1.165) is 5.56 Å². The number of benzene rings is 1. The minimum absolute atomic E-state index is 0.0845. The molecule has 6 heteroatoms. The number of urea groups is 1. The van der Waals surface area contributed by atoms with Crippen LogP contribution in [0.4, 0.5) is 4.79 Å². The van der Waals surface area contributed by atoms with Crippen LogP contribution >= 0.6 is 11.8 Å². The molecular weight excluding hydrogens is 262 g/mol. The Morgan fingerprint density at radius 1 is 1.47 bits per heavy atom. The summed E-state index contributed by atoms with van der Waals surface area (Å²) in [5.74, 6) is 0. The summed E-state index contributed by atoms with van der Waals surface area (Å²) in [5, 5.41) is 5.59. The SMILES string of the molecule is COCCN(C)C(=O)N1N=CSC1c1ccccc1.